The van der Waals surface area contributed by atoms with Crippen LogP contribution in [0.2, 0.25) is 0 Å². The molecule has 1 saturated heterocycles. The van der Waals surface area contributed by atoms with Crippen LogP contribution in [0.5, 0.6) is 0 Å². The number of nitrogens with one attached hydrogen (secondary N) is 1. The molecule has 1 fully saturated rings. The molecule has 19 heavy (non-hydrogen) atoms. The molecule has 9 heteroatoms. The molecule has 4 N–H and O–H groups in total. The number of carboxylic acids is 1. The SMILES string of the molecule is CC1(NC(=O)CSC[C@@H](N)C(=O)O)CCS(=O)(=O)C1. The summed E-state index contributed by atoms with van der Waals surface area (Å²) in [6.45, 7) is 1.70. The molecule has 1 heterocycles. The zero-order valence-corrected chi connectivity index (χ0v) is 12.2. The van der Waals surface area contributed by atoms with Gasteiger partial charge in [-0.2, -0.15) is 0 Å². The summed E-state index contributed by atoms with van der Waals surface area (Å²) in [7, 11) is -3.06. The summed E-state index contributed by atoms with van der Waals surface area (Å²) < 4.78 is 22.7. The minimum absolute atomic E-state index is 0.0505. The summed E-state index contributed by atoms with van der Waals surface area (Å²) in [6, 6.07) is -1.000. The number of carbonyl (C=O) groups is 2. The van der Waals surface area contributed by atoms with E-state index in [9.17, 15) is 18.0 Å². The van der Waals surface area contributed by atoms with Crippen molar-refractivity contribution in [3.05, 3.63) is 0 Å². The maximum atomic E-state index is 11.7. The number of rotatable bonds is 6. The van der Waals surface area contributed by atoms with Gasteiger partial charge in [-0.1, -0.05) is 0 Å². The van der Waals surface area contributed by atoms with E-state index < -0.39 is 27.4 Å². The van der Waals surface area contributed by atoms with Crippen LogP contribution in [-0.4, -0.2) is 60.0 Å². The van der Waals surface area contributed by atoms with Gasteiger partial charge in [0.1, 0.15) is 6.04 Å². The van der Waals surface area contributed by atoms with Crippen LogP contribution >= 0.6 is 11.8 Å². The van der Waals surface area contributed by atoms with E-state index in [1.807, 2.05) is 0 Å². The van der Waals surface area contributed by atoms with Gasteiger partial charge in [0.25, 0.3) is 0 Å². The van der Waals surface area contributed by atoms with Crippen LogP contribution in [0.3, 0.4) is 0 Å². The van der Waals surface area contributed by atoms with Gasteiger partial charge in [-0.15, -0.1) is 11.8 Å². The van der Waals surface area contributed by atoms with E-state index in [1.165, 1.54) is 0 Å². The highest BCUT2D eigenvalue weighted by atomic mass is 32.2. The molecule has 0 radical (unpaired) electrons. The Labute approximate surface area is 116 Å². The number of nitrogens with two attached hydrogens (primary N) is 1. The molecule has 1 unspecified atom stereocenters. The van der Waals surface area contributed by atoms with Gasteiger partial charge in [-0.3, -0.25) is 9.59 Å². The number of hydrogen-bond donors (Lipinski definition) is 3. The lowest BCUT2D eigenvalue weighted by atomic mass is 10.0. The lowest BCUT2D eigenvalue weighted by Crippen LogP contribution is -2.47. The Morgan fingerprint density at radius 1 is 1.53 bits per heavy atom. The third-order valence-corrected chi connectivity index (χ3v) is 5.76. The molecule has 1 aliphatic heterocycles. The molecule has 7 nitrogen and oxygen atoms in total. The fourth-order valence-electron chi connectivity index (χ4n) is 1.83. The van der Waals surface area contributed by atoms with E-state index in [2.05, 4.69) is 5.32 Å². The van der Waals surface area contributed by atoms with Crippen LogP contribution < -0.4 is 11.1 Å². The van der Waals surface area contributed by atoms with Crippen molar-refractivity contribution >= 4 is 33.5 Å². The first-order valence-corrected chi connectivity index (χ1v) is 8.69. The largest absolute Gasteiger partial charge is 0.480 e. The second-order valence-corrected chi connectivity index (χ2v) is 8.13. The highest BCUT2D eigenvalue weighted by Crippen LogP contribution is 2.22. The van der Waals surface area contributed by atoms with Crippen LogP contribution in [0.4, 0.5) is 0 Å². The van der Waals surface area contributed by atoms with Crippen LogP contribution in [0, 0.1) is 0 Å². The number of amides is 1. The van der Waals surface area contributed by atoms with Gasteiger partial charge in [0.15, 0.2) is 9.84 Å². The lowest BCUT2D eigenvalue weighted by Gasteiger charge is -2.23. The third kappa shape index (κ3) is 5.37. The van der Waals surface area contributed by atoms with Gasteiger partial charge in [-0.05, 0) is 13.3 Å². The van der Waals surface area contributed by atoms with Crippen molar-refractivity contribution in [1.82, 2.24) is 5.32 Å². The molecule has 0 aromatic heterocycles. The zero-order chi connectivity index (χ0) is 14.7. The maximum Gasteiger partial charge on any atom is 0.321 e. The highest BCUT2D eigenvalue weighted by Gasteiger charge is 2.39. The predicted octanol–water partition coefficient (Wildman–Crippen LogP) is -1.18. The number of aliphatic carboxylic acids is 1. The summed E-state index contributed by atoms with van der Waals surface area (Å²) in [5, 5.41) is 11.3. The molecular formula is C10H18N2O5S2. The minimum atomic E-state index is -3.06. The summed E-state index contributed by atoms with van der Waals surface area (Å²) >= 11 is 1.11. The molecular weight excluding hydrogens is 292 g/mol. The van der Waals surface area contributed by atoms with Crippen molar-refractivity contribution in [3.63, 3.8) is 0 Å². The molecule has 1 rings (SSSR count). The highest BCUT2D eigenvalue weighted by molar-refractivity contribution is 8.00. The number of sulfone groups is 1. The first-order valence-electron chi connectivity index (χ1n) is 5.71. The van der Waals surface area contributed by atoms with Gasteiger partial charge < -0.3 is 16.2 Å². The Hall–Kier alpha value is -0.800. The monoisotopic (exact) mass is 310 g/mol. The van der Waals surface area contributed by atoms with E-state index in [4.69, 9.17) is 10.8 Å². The second-order valence-electron chi connectivity index (χ2n) is 4.91. The predicted molar refractivity (Wildman–Crippen MR) is 72.8 cm³/mol. The molecule has 110 valence electrons. The van der Waals surface area contributed by atoms with E-state index in [1.54, 1.807) is 6.92 Å². The van der Waals surface area contributed by atoms with Crippen LogP contribution in [-0.2, 0) is 19.4 Å². The molecule has 1 aliphatic rings. The fourth-order valence-corrected chi connectivity index (χ4v) is 4.70. The zero-order valence-electron chi connectivity index (χ0n) is 10.6. The standard InChI is InChI=1S/C10H18N2O5S2/c1-10(2-3-19(16,17)6-10)12-8(13)5-18-4-7(11)9(14)15/h7H,2-6,11H2,1H3,(H,12,13)(H,14,15)/t7-,10?/m1/s1. The van der Waals surface area contributed by atoms with Gasteiger partial charge >= 0.3 is 5.97 Å². The number of hydrogen-bond acceptors (Lipinski definition) is 6. The molecule has 0 aromatic rings. The van der Waals surface area contributed by atoms with Gasteiger partial charge in [-0.25, -0.2) is 8.42 Å². The Morgan fingerprint density at radius 2 is 2.16 bits per heavy atom. The summed E-state index contributed by atoms with van der Waals surface area (Å²) in [6.07, 6.45) is 0.403. The number of thioether (sulfide) groups is 1. The average molecular weight is 310 g/mol. The van der Waals surface area contributed by atoms with E-state index in [0.717, 1.165) is 11.8 Å². The smallest absolute Gasteiger partial charge is 0.321 e. The van der Waals surface area contributed by atoms with Crippen molar-refractivity contribution in [3.8, 4) is 0 Å². The molecule has 0 saturated carbocycles. The van der Waals surface area contributed by atoms with E-state index >= 15 is 0 Å². The molecule has 2 atom stereocenters. The molecule has 1 amide bonds. The van der Waals surface area contributed by atoms with Crippen molar-refractivity contribution in [2.45, 2.75) is 24.9 Å². The van der Waals surface area contributed by atoms with Gasteiger partial charge in [0.2, 0.25) is 5.91 Å². The Balaban J connectivity index is 2.34. The summed E-state index contributed by atoms with van der Waals surface area (Å²) in [5.74, 6) is -1.18. The summed E-state index contributed by atoms with van der Waals surface area (Å²) in [5.41, 5.74) is 4.58. The fraction of sp³-hybridized carbons (Fsp3) is 0.800. The lowest BCUT2D eigenvalue weighted by molar-refractivity contribution is -0.138. The Bertz CT molecular complexity index is 465. The first kappa shape index (κ1) is 16.3. The first-order chi connectivity index (χ1) is 8.64. The number of carbonyl (C=O) groups excluding carboxylic acids is 1. The molecule has 0 bridgehead atoms. The Morgan fingerprint density at radius 3 is 2.63 bits per heavy atom. The molecule has 0 aromatic carbocycles. The normalized spacial score (nSPS) is 26.8. The van der Waals surface area contributed by atoms with E-state index in [0.29, 0.717) is 6.42 Å². The van der Waals surface area contributed by atoms with Gasteiger partial charge in [0.05, 0.1) is 22.8 Å². The van der Waals surface area contributed by atoms with Crippen molar-refractivity contribution < 1.29 is 23.1 Å². The van der Waals surface area contributed by atoms with Gasteiger partial charge in [0, 0.05) is 5.75 Å². The number of carboxylic acid groups (broad SMARTS) is 1. The minimum Gasteiger partial charge on any atom is -0.480 e. The summed E-state index contributed by atoms with van der Waals surface area (Å²) in [4.78, 5) is 22.1. The van der Waals surface area contributed by atoms with Crippen LogP contribution in [0.25, 0.3) is 0 Å². The van der Waals surface area contributed by atoms with Crippen LogP contribution in [0.15, 0.2) is 0 Å². The third-order valence-electron chi connectivity index (χ3n) is 2.79. The molecule has 0 aliphatic carbocycles. The van der Waals surface area contributed by atoms with E-state index in [-0.39, 0.29) is 28.9 Å². The van der Waals surface area contributed by atoms with Crippen molar-refractivity contribution in [2.75, 3.05) is 23.0 Å². The van der Waals surface area contributed by atoms with Crippen molar-refractivity contribution in [1.29, 1.82) is 0 Å². The Kier molecular flexibility index (Phi) is 5.22. The van der Waals surface area contributed by atoms with Crippen molar-refractivity contribution in [2.24, 2.45) is 5.73 Å². The second kappa shape index (κ2) is 6.10. The molecule has 0 spiro atoms. The van der Waals surface area contributed by atoms with Crippen LogP contribution in [0.1, 0.15) is 13.3 Å². The average Bonchev–Trinajstić information content (AvgIpc) is 2.52. The quantitative estimate of drug-likeness (QED) is 0.564. The topological polar surface area (TPSA) is 127 Å². The maximum absolute atomic E-state index is 11.7.